The maximum atomic E-state index is 13.3. The molecule has 0 aliphatic heterocycles. The van der Waals surface area contributed by atoms with Gasteiger partial charge in [0.2, 0.25) is 5.89 Å². The van der Waals surface area contributed by atoms with E-state index in [9.17, 15) is 4.39 Å². The summed E-state index contributed by atoms with van der Waals surface area (Å²) in [5.41, 5.74) is 2.35. The SMILES string of the molecule is Cc1cc(F)cc(-c2nc(CNC(C)(C)C)co2)c1. The summed E-state index contributed by atoms with van der Waals surface area (Å²) in [6.45, 7) is 8.73. The number of nitrogens with zero attached hydrogens (tertiary/aromatic N) is 1. The topological polar surface area (TPSA) is 38.1 Å². The van der Waals surface area contributed by atoms with E-state index in [1.807, 2.05) is 13.0 Å². The number of nitrogens with one attached hydrogen (secondary N) is 1. The van der Waals surface area contributed by atoms with Crippen molar-refractivity contribution in [1.82, 2.24) is 10.3 Å². The highest BCUT2D eigenvalue weighted by molar-refractivity contribution is 5.54. The quantitative estimate of drug-likeness (QED) is 0.917. The zero-order valence-electron chi connectivity index (χ0n) is 11.7. The zero-order valence-corrected chi connectivity index (χ0v) is 11.7. The fourth-order valence-electron chi connectivity index (χ4n) is 1.74. The monoisotopic (exact) mass is 262 g/mol. The van der Waals surface area contributed by atoms with Crippen molar-refractivity contribution in [3.63, 3.8) is 0 Å². The van der Waals surface area contributed by atoms with Crippen molar-refractivity contribution in [2.24, 2.45) is 0 Å². The summed E-state index contributed by atoms with van der Waals surface area (Å²) >= 11 is 0. The maximum Gasteiger partial charge on any atom is 0.226 e. The van der Waals surface area contributed by atoms with Crippen LogP contribution >= 0.6 is 0 Å². The molecule has 0 atom stereocenters. The Kier molecular flexibility index (Phi) is 3.71. The van der Waals surface area contributed by atoms with Gasteiger partial charge in [0.25, 0.3) is 0 Å². The fourth-order valence-corrected chi connectivity index (χ4v) is 1.74. The lowest BCUT2D eigenvalue weighted by Crippen LogP contribution is -2.35. The summed E-state index contributed by atoms with van der Waals surface area (Å²) in [7, 11) is 0. The molecule has 3 nitrogen and oxygen atoms in total. The van der Waals surface area contributed by atoms with Gasteiger partial charge in [0, 0.05) is 17.6 Å². The first-order valence-corrected chi connectivity index (χ1v) is 6.30. The van der Waals surface area contributed by atoms with E-state index < -0.39 is 0 Å². The van der Waals surface area contributed by atoms with Gasteiger partial charge in [-0.2, -0.15) is 0 Å². The van der Waals surface area contributed by atoms with Gasteiger partial charge in [-0.15, -0.1) is 0 Å². The standard InChI is InChI=1S/C15H19FN2O/c1-10-5-11(7-12(16)6-10)14-18-13(9-19-14)8-17-15(2,3)4/h5-7,9,17H,8H2,1-4H3. The van der Waals surface area contributed by atoms with Crippen LogP contribution in [-0.4, -0.2) is 10.5 Å². The van der Waals surface area contributed by atoms with Gasteiger partial charge in [-0.05, 0) is 51.5 Å². The molecule has 0 saturated carbocycles. The summed E-state index contributed by atoms with van der Waals surface area (Å²) in [6, 6.07) is 4.77. The average molecular weight is 262 g/mol. The van der Waals surface area contributed by atoms with Gasteiger partial charge in [-0.25, -0.2) is 9.37 Å². The van der Waals surface area contributed by atoms with Crippen molar-refractivity contribution >= 4 is 0 Å². The third-order valence-electron chi connectivity index (χ3n) is 2.64. The Labute approximate surface area is 112 Å². The second-order valence-corrected chi connectivity index (χ2v) is 5.76. The molecule has 0 amide bonds. The molecule has 0 aliphatic carbocycles. The van der Waals surface area contributed by atoms with Crippen LogP contribution in [0.4, 0.5) is 4.39 Å². The number of benzene rings is 1. The molecule has 1 aromatic carbocycles. The van der Waals surface area contributed by atoms with Gasteiger partial charge in [0.1, 0.15) is 12.1 Å². The van der Waals surface area contributed by atoms with Gasteiger partial charge in [-0.3, -0.25) is 0 Å². The van der Waals surface area contributed by atoms with Crippen LogP contribution < -0.4 is 5.32 Å². The lowest BCUT2D eigenvalue weighted by atomic mass is 10.1. The first-order chi connectivity index (χ1) is 8.83. The third-order valence-corrected chi connectivity index (χ3v) is 2.64. The van der Waals surface area contributed by atoms with E-state index >= 15 is 0 Å². The molecule has 0 aliphatic rings. The molecule has 1 aromatic heterocycles. The van der Waals surface area contributed by atoms with Crippen molar-refractivity contribution in [1.29, 1.82) is 0 Å². The second-order valence-electron chi connectivity index (χ2n) is 5.76. The number of aromatic nitrogens is 1. The number of aryl methyl sites for hydroxylation is 1. The molecule has 0 unspecified atom stereocenters. The summed E-state index contributed by atoms with van der Waals surface area (Å²) in [5, 5.41) is 3.33. The Balaban J connectivity index is 2.16. The molecule has 2 aromatic rings. The first-order valence-electron chi connectivity index (χ1n) is 6.30. The predicted octanol–water partition coefficient (Wildman–Crippen LogP) is 3.68. The number of halogens is 1. The van der Waals surface area contributed by atoms with Crippen LogP contribution in [-0.2, 0) is 6.54 Å². The molecule has 2 rings (SSSR count). The Hall–Kier alpha value is -1.68. The number of hydrogen-bond donors (Lipinski definition) is 1. The van der Waals surface area contributed by atoms with Crippen LogP contribution in [0.5, 0.6) is 0 Å². The molecule has 19 heavy (non-hydrogen) atoms. The second kappa shape index (κ2) is 5.13. The lowest BCUT2D eigenvalue weighted by molar-refractivity contribution is 0.421. The summed E-state index contributed by atoms with van der Waals surface area (Å²) in [5.74, 6) is 0.177. The van der Waals surface area contributed by atoms with Crippen LogP contribution in [0, 0.1) is 12.7 Å². The summed E-state index contributed by atoms with van der Waals surface area (Å²) in [4.78, 5) is 4.37. The van der Waals surface area contributed by atoms with Crippen molar-refractivity contribution in [2.45, 2.75) is 39.8 Å². The molecular formula is C15H19FN2O. The van der Waals surface area contributed by atoms with Crippen molar-refractivity contribution < 1.29 is 8.81 Å². The van der Waals surface area contributed by atoms with Crippen molar-refractivity contribution in [2.75, 3.05) is 0 Å². The smallest absolute Gasteiger partial charge is 0.226 e. The highest BCUT2D eigenvalue weighted by Gasteiger charge is 2.12. The van der Waals surface area contributed by atoms with E-state index in [2.05, 4.69) is 31.1 Å². The van der Waals surface area contributed by atoms with Gasteiger partial charge in [0.15, 0.2) is 0 Å². The molecule has 102 valence electrons. The van der Waals surface area contributed by atoms with E-state index in [-0.39, 0.29) is 11.4 Å². The lowest BCUT2D eigenvalue weighted by Gasteiger charge is -2.19. The number of oxazole rings is 1. The van der Waals surface area contributed by atoms with E-state index in [0.717, 1.165) is 11.3 Å². The van der Waals surface area contributed by atoms with E-state index in [0.29, 0.717) is 18.0 Å². The van der Waals surface area contributed by atoms with Gasteiger partial charge >= 0.3 is 0 Å². The fraction of sp³-hybridized carbons (Fsp3) is 0.400. The summed E-state index contributed by atoms with van der Waals surface area (Å²) in [6.07, 6.45) is 1.61. The van der Waals surface area contributed by atoms with Crippen LogP contribution in [0.2, 0.25) is 0 Å². The van der Waals surface area contributed by atoms with E-state index in [1.54, 1.807) is 6.26 Å². The maximum absolute atomic E-state index is 13.3. The molecule has 0 bridgehead atoms. The molecule has 1 heterocycles. The first kappa shape index (κ1) is 13.7. The average Bonchev–Trinajstić information content (AvgIpc) is 2.72. The van der Waals surface area contributed by atoms with E-state index in [4.69, 9.17) is 4.42 Å². The van der Waals surface area contributed by atoms with Crippen molar-refractivity contribution in [3.05, 3.63) is 41.5 Å². The van der Waals surface area contributed by atoms with Crippen LogP contribution in [0.15, 0.2) is 28.9 Å². The van der Waals surface area contributed by atoms with Crippen LogP contribution in [0.25, 0.3) is 11.5 Å². The van der Waals surface area contributed by atoms with Crippen LogP contribution in [0.1, 0.15) is 32.0 Å². The largest absolute Gasteiger partial charge is 0.444 e. The Morgan fingerprint density at radius 2 is 2.00 bits per heavy atom. The van der Waals surface area contributed by atoms with Gasteiger partial charge in [-0.1, -0.05) is 0 Å². The molecule has 0 saturated heterocycles. The molecule has 0 spiro atoms. The highest BCUT2D eigenvalue weighted by Crippen LogP contribution is 2.21. The number of hydrogen-bond acceptors (Lipinski definition) is 3. The minimum atomic E-state index is -0.275. The Morgan fingerprint density at radius 1 is 1.26 bits per heavy atom. The van der Waals surface area contributed by atoms with Crippen molar-refractivity contribution in [3.8, 4) is 11.5 Å². The van der Waals surface area contributed by atoms with Gasteiger partial charge in [0.05, 0.1) is 5.69 Å². The highest BCUT2D eigenvalue weighted by atomic mass is 19.1. The third kappa shape index (κ3) is 3.89. The number of rotatable bonds is 3. The minimum absolute atomic E-state index is 0.0224. The molecule has 1 N–H and O–H groups in total. The Bertz CT molecular complexity index is 550. The molecule has 0 radical (unpaired) electrons. The molecular weight excluding hydrogens is 243 g/mol. The predicted molar refractivity (Wildman–Crippen MR) is 73.2 cm³/mol. The normalized spacial score (nSPS) is 11.8. The van der Waals surface area contributed by atoms with Gasteiger partial charge < -0.3 is 9.73 Å². The zero-order chi connectivity index (χ0) is 14.0. The Morgan fingerprint density at radius 3 is 2.63 bits per heavy atom. The van der Waals surface area contributed by atoms with Crippen LogP contribution in [0.3, 0.4) is 0 Å². The minimum Gasteiger partial charge on any atom is -0.444 e. The summed E-state index contributed by atoms with van der Waals surface area (Å²) < 4.78 is 18.8. The molecule has 0 fully saturated rings. The van der Waals surface area contributed by atoms with E-state index in [1.165, 1.54) is 12.1 Å². The molecule has 4 heteroatoms.